The van der Waals surface area contributed by atoms with E-state index in [4.69, 9.17) is 9.84 Å². The quantitative estimate of drug-likeness (QED) is 0.856. The van der Waals surface area contributed by atoms with Gasteiger partial charge in [0.15, 0.2) is 6.10 Å². The molecular weight excluding hydrogens is 241 g/mol. The Hall–Kier alpha value is -2.11. The fourth-order valence-electron chi connectivity index (χ4n) is 1.36. The lowest BCUT2D eigenvalue weighted by Crippen LogP contribution is -2.40. The highest BCUT2D eigenvalue weighted by molar-refractivity contribution is 5.84. The van der Waals surface area contributed by atoms with E-state index in [1.165, 1.54) is 38.2 Å². The molecule has 1 aromatic rings. The number of hydrogen-bond acceptors (Lipinski definition) is 3. The van der Waals surface area contributed by atoms with Crippen LogP contribution in [0.2, 0.25) is 0 Å². The van der Waals surface area contributed by atoms with Crippen molar-refractivity contribution in [1.82, 2.24) is 4.90 Å². The topological polar surface area (TPSA) is 66.8 Å². The van der Waals surface area contributed by atoms with E-state index >= 15 is 0 Å². The lowest BCUT2D eigenvalue weighted by Gasteiger charge is -2.20. The van der Waals surface area contributed by atoms with Crippen LogP contribution >= 0.6 is 0 Å². The summed E-state index contributed by atoms with van der Waals surface area (Å²) in [7, 11) is 1.38. The first-order valence-electron chi connectivity index (χ1n) is 5.29. The van der Waals surface area contributed by atoms with Gasteiger partial charge in [-0.1, -0.05) is 0 Å². The second-order valence-corrected chi connectivity index (χ2v) is 3.80. The van der Waals surface area contributed by atoms with Crippen LogP contribution in [0.1, 0.15) is 6.92 Å². The molecule has 1 unspecified atom stereocenters. The predicted molar refractivity (Wildman–Crippen MR) is 61.8 cm³/mol. The van der Waals surface area contributed by atoms with Crippen LogP contribution in [0.4, 0.5) is 4.39 Å². The molecule has 0 spiro atoms. The van der Waals surface area contributed by atoms with Gasteiger partial charge >= 0.3 is 5.97 Å². The second-order valence-electron chi connectivity index (χ2n) is 3.80. The molecule has 0 heterocycles. The molecule has 1 aromatic carbocycles. The normalized spacial score (nSPS) is 11.7. The van der Waals surface area contributed by atoms with E-state index in [2.05, 4.69) is 0 Å². The summed E-state index contributed by atoms with van der Waals surface area (Å²) in [5.74, 6) is -1.60. The fourth-order valence-corrected chi connectivity index (χ4v) is 1.36. The van der Waals surface area contributed by atoms with Gasteiger partial charge in [-0.25, -0.2) is 4.39 Å². The number of carbonyl (C=O) groups excluding carboxylic acids is 1. The molecular formula is C12H14FNO4. The van der Waals surface area contributed by atoms with Gasteiger partial charge in [-0.3, -0.25) is 9.59 Å². The summed E-state index contributed by atoms with van der Waals surface area (Å²) < 4.78 is 17.9. The number of hydrogen-bond donors (Lipinski definition) is 1. The number of aliphatic carboxylic acids is 1. The molecule has 1 N–H and O–H groups in total. The van der Waals surface area contributed by atoms with E-state index < -0.39 is 30.3 Å². The maximum atomic E-state index is 12.7. The molecule has 0 saturated heterocycles. The molecule has 0 aromatic heterocycles. The van der Waals surface area contributed by atoms with Crippen molar-refractivity contribution in [2.75, 3.05) is 13.6 Å². The van der Waals surface area contributed by atoms with Crippen LogP contribution in [-0.4, -0.2) is 41.6 Å². The van der Waals surface area contributed by atoms with Crippen molar-refractivity contribution in [1.29, 1.82) is 0 Å². The number of halogens is 1. The van der Waals surface area contributed by atoms with E-state index in [1.54, 1.807) is 0 Å². The summed E-state index contributed by atoms with van der Waals surface area (Å²) in [6.45, 7) is 1.11. The molecule has 98 valence electrons. The minimum Gasteiger partial charge on any atom is -0.481 e. The number of carboxylic acid groups (broad SMARTS) is 1. The minimum atomic E-state index is -1.10. The number of nitrogens with zero attached hydrogens (tertiary/aromatic N) is 1. The Morgan fingerprint density at radius 3 is 2.44 bits per heavy atom. The van der Waals surface area contributed by atoms with Gasteiger partial charge in [0.25, 0.3) is 5.91 Å². The molecule has 0 bridgehead atoms. The van der Waals surface area contributed by atoms with Gasteiger partial charge in [0, 0.05) is 7.05 Å². The van der Waals surface area contributed by atoms with Gasteiger partial charge in [-0.15, -0.1) is 0 Å². The first kappa shape index (κ1) is 14.0. The Balaban J connectivity index is 2.59. The summed E-state index contributed by atoms with van der Waals surface area (Å²) in [4.78, 5) is 23.2. The zero-order chi connectivity index (χ0) is 13.7. The number of amides is 1. The van der Waals surface area contributed by atoms with Crippen LogP contribution in [0.15, 0.2) is 24.3 Å². The molecule has 0 aliphatic rings. The van der Waals surface area contributed by atoms with Crippen LogP contribution in [0, 0.1) is 5.82 Å². The maximum Gasteiger partial charge on any atom is 0.323 e. The molecule has 5 nitrogen and oxygen atoms in total. The van der Waals surface area contributed by atoms with Crippen molar-refractivity contribution in [3.63, 3.8) is 0 Å². The first-order valence-corrected chi connectivity index (χ1v) is 5.29. The zero-order valence-electron chi connectivity index (χ0n) is 10.1. The average molecular weight is 255 g/mol. The van der Waals surface area contributed by atoms with Gasteiger partial charge in [-0.2, -0.15) is 0 Å². The molecule has 1 amide bonds. The van der Waals surface area contributed by atoms with Gasteiger partial charge in [0.2, 0.25) is 0 Å². The molecule has 0 aliphatic carbocycles. The number of carbonyl (C=O) groups is 2. The highest BCUT2D eigenvalue weighted by Crippen LogP contribution is 2.13. The summed E-state index contributed by atoms with van der Waals surface area (Å²) in [5, 5.41) is 8.56. The van der Waals surface area contributed by atoms with Crippen molar-refractivity contribution < 1.29 is 23.8 Å². The molecule has 1 atom stereocenters. The Bertz CT molecular complexity index is 432. The highest BCUT2D eigenvalue weighted by atomic mass is 19.1. The van der Waals surface area contributed by atoms with Gasteiger partial charge in [0.1, 0.15) is 18.1 Å². The standard InChI is InChI=1S/C12H14FNO4/c1-8(12(17)14(2)7-11(15)16)18-10-5-3-9(13)4-6-10/h3-6,8H,7H2,1-2H3,(H,15,16). The van der Waals surface area contributed by atoms with Crippen molar-refractivity contribution in [3.8, 4) is 5.75 Å². The first-order chi connectivity index (χ1) is 8.40. The van der Waals surface area contributed by atoms with Gasteiger partial charge < -0.3 is 14.7 Å². The lowest BCUT2D eigenvalue weighted by atomic mass is 10.3. The summed E-state index contributed by atoms with van der Waals surface area (Å²) >= 11 is 0. The Kier molecular flexibility index (Phi) is 4.65. The van der Waals surface area contributed by atoms with Crippen LogP contribution in [0.25, 0.3) is 0 Å². The highest BCUT2D eigenvalue weighted by Gasteiger charge is 2.20. The molecule has 0 radical (unpaired) electrons. The Morgan fingerprint density at radius 1 is 1.39 bits per heavy atom. The van der Waals surface area contributed by atoms with Gasteiger partial charge in [-0.05, 0) is 31.2 Å². The van der Waals surface area contributed by atoms with Gasteiger partial charge in [0.05, 0.1) is 0 Å². The third-order valence-electron chi connectivity index (χ3n) is 2.22. The van der Waals surface area contributed by atoms with Crippen molar-refractivity contribution in [2.45, 2.75) is 13.0 Å². The predicted octanol–water partition coefficient (Wildman–Crippen LogP) is 1.14. The van der Waals surface area contributed by atoms with E-state index in [0.29, 0.717) is 5.75 Å². The smallest absolute Gasteiger partial charge is 0.323 e. The lowest BCUT2D eigenvalue weighted by molar-refractivity contribution is -0.146. The zero-order valence-corrected chi connectivity index (χ0v) is 10.1. The second kappa shape index (κ2) is 6.00. The SMILES string of the molecule is CC(Oc1ccc(F)cc1)C(=O)N(C)CC(=O)O. The maximum absolute atomic E-state index is 12.7. The number of likely N-dealkylation sites (N-methyl/N-ethyl adjacent to an activating group) is 1. The average Bonchev–Trinajstić information content (AvgIpc) is 2.30. The van der Waals surface area contributed by atoms with E-state index in [9.17, 15) is 14.0 Å². The number of rotatable bonds is 5. The number of ether oxygens (including phenoxy) is 1. The van der Waals surface area contributed by atoms with Crippen LogP contribution < -0.4 is 4.74 Å². The molecule has 18 heavy (non-hydrogen) atoms. The third-order valence-corrected chi connectivity index (χ3v) is 2.22. The monoisotopic (exact) mass is 255 g/mol. The van der Waals surface area contributed by atoms with Crippen LogP contribution in [0.3, 0.4) is 0 Å². The summed E-state index contributed by atoms with van der Waals surface area (Å²) in [6, 6.07) is 5.23. The molecule has 0 saturated carbocycles. The number of carboxylic acids is 1. The van der Waals surface area contributed by atoms with Crippen LogP contribution in [-0.2, 0) is 9.59 Å². The summed E-state index contributed by atoms with van der Waals surface area (Å²) in [6.07, 6.45) is -0.834. The van der Waals surface area contributed by atoms with Crippen molar-refractivity contribution in [2.24, 2.45) is 0 Å². The minimum absolute atomic E-state index is 0.348. The largest absolute Gasteiger partial charge is 0.481 e. The molecule has 0 aliphatic heterocycles. The Morgan fingerprint density at radius 2 is 1.94 bits per heavy atom. The molecule has 0 fully saturated rings. The fraction of sp³-hybridized carbons (Fsp3) is 0.333. The molecule has 1 rings (SSSR count). The molecule has 6 heteroatoms. The van der Waals surface area contributed by atoms with E-state index in [1.807, 2.05) is 0 Å². The van der Waals surface area contributed by atoms with Crippen molar-refractivity contribution >= 4 is 11.9 Å². The Labute approximate surface area is 104 Å². The van der Waals surface area contributed by atoms with Crippen LogP contribution in [0.5, 0.6) is 5.75 Å². The van der Waals surface area contributed by atoms with Crippen molar-refractivity contribution in [3.05, 3.63) is 30.1 Å². The third kappa shape index (κ3) is 4.04. The summed E-state index contributed by atoms with van der Waals surface area (Å²) in [5.41, 5.74) is 0. The van der Waals surface area contributed by atoms with E-state index in [-0.39, 0.29) is 0 Å². The number of benzene rings is 1. The van der Waals surface area contributed by atoms with E-state index in [0.717, 1.165) is 4.90 Å².